The fraction of sp³-hybridized carbons (Fsp3) is 0.318. The van der Waals surface area contributed by atoms with Crippen LogP contribution in [0, 0.1) is 23.3 Å². The number of benzene rings is 2. The lowest BCUT2D eigenvalue weighted by Crippen LogP contribution is -2.32. The highest BCUT2D eigenvalue weighted by Crippen LogP contribution is 2.31. The molecule has 1 amide bonds. The van der Waals surface area contributed by atoms with Crippen LogP contribution in [0.3, 0.4) is 0 Å². The van der Waals surface area contributed by atoms with Crippen molar-refractivity contribution < 1.29 is 40.3 Å². The average Bonchev–Trinajstić information content (AvgIpc) is 3.12. The molecule has 2 heterocycles. The number of alkyl halides is 3. The fourth-order valence-electron chi connectivity index (χ4n) is 3.64. The molecule has 7 nitrogen and oxygen atoms in total. The van der Waals surface area contributed by atoms with Crippen molar-refractivity contribution in [2.24, 2.45) is 0 Å². The van der Waals surface area contributed by atoms with Gasteiger partial charge in [-0.1, -0.05) is 0 Å². The molecule has 2 aromatic carbocycles. The van der Waals surface area contributed by atoms with Crippen molar-refractivity contribution in [1.29, 1.82) is 0 Å². The van der Waals surface area contributed by atoms with Gasteiger partial charge in [-0.3, -0.25) is 9.36 Å². The predicted octanol–water partition coefficient (Wildman–Crippen LogP) is 4.51. The number of nitrogens with one attached hydrogen (secondary N) is 1. The first-order valence-corrected chi connectivity index (χ1v) is 10.6. The lowest BCUT2D eigenvalue weighted by atomic mass is 10.1. The van der Waals surface area contributed by atoms with Crippen molar-refractivity contribution in [1.82, 2.24) is 14.3 Å². The molecule has 1 aliphatic heterocycles. The lowest BCUT2D eigenvalue weighted by Gasteiger charge is -2.20. The number of carbonyl (C=O) groups is 1. The van der Waals surface area contributed by atoms with Gasteiger partial charge in [-0.15, -0.1) is 5.10 Å². The molecule has 0 saturated heterocycles. The van der Waals surface area contributed by atoms with Gasteiger partial charge >= 0.3 is 11.9 Å². The first kappa shape index (κ1) is 25.3. The largest absolute Gasteiger partial charge is 0.480 e. The van der Waals surface area contributed by atoms with Gasteiger partial charge in [0.1, 0.15) is 34.6 Å². The number of anilines is 1. The molecule has 0 saturated carbocycles. The predicted molar refractivity (Wildman–Crippen MR) is 111 cm³/mol. The second kappa shape index (κ2) is 9.32. The summed E-state index contributed by atoms with van der Waals surface area (Å²) in [6.07, 6.45) is -5.57. The van der Waals surface area contributed by atoms with Crippen molar-refractivity contribution >= 4 is 11.6 Å². The van der Waals surface area contributed by atoms with E-state index in [1.807, 2.05) is 0 Å². The molecule has 0 radical (unpaired) electrons. The molecular formula is C22H17F7N4O3. The van der Waals surface area contributed by atoms with Crippen LogP contribution in [0.25, 0.3) is 5.69 Å². The van der Waals surface area contributed by atoms with E-state index in [1.165, 1.54) is 4.57 Å². The summed E-state index contributed by atoms with van der Waals surface area (Å²) in [5, 5.41) is 5.78. The van der Waals surface area contributed by atoms with Crippen LogP contribution in [0.2, 0.25) is 0 Å². The third kappa shape index (κ3) is 4.79. The quantitative estimate of drug-likeness (QED) is 0.505. The molecule has 0 spiro atoms. The Kier molecular flexibility index (Phi) is 6.54. The number of aromatic nitrogens is 3. The molecule has 4 rings (SSSR count). The highest BCUT2D eigenvalue weighted by Gasteiger charge is 2.39. The van der Waals surface area contributed by atoms with Gasteiger partial charge in [-0.2, -0.15) is 17.9 Å². The van der Waals surface area contributed by atoms with Crippen molar-refractivity contribution in [3.63, 3.8) is 0 Å². The van der Waals surface area contributed by atoms with Gasteiger partial charge in [-0.25, -0.2) is 22.4 Å². The molecule has 14 heteroatoms. The zero-order valence-electron chi connectivity index (χ0n) is 18.4. The number of ether oxygens (including phenoxy) is 1. The molecule has 1 N–H and O–H groups in total. The van der Waals surface area contributed by atoms with Crippen molar-refractivity contribution in [3.05, 3.63) is 69.4 Å². The fourth-order valence-corrected chi connectivity index (χ4v) is 3.64. The van der Waals surface area contributed by atoms with E-state index in [4.69, 9.17) is 4.74 Å². The van der Waals surface area contributed by atoms with Gasteiger partial charge in [0.15, 0.2) is 17.7 Å². The number of hydrogen-bond acceptors (Lipinski definition) is 4. The molecule has 1 aliphatic rings. The average molecular weight is 518 g/mol. The first-order valence-electron chi connectivity index (χ1n) is 10.6. The second-order valence-electron chi connectivity index (χ2n) is 8.02. The van der Waals surface area contributed by atoms with Crippen LogP contribution in [-0.2, 0) is 13.0 Å². The van der Waals surface area contributed by atoms with Crippen LogP contribution in [-0.4, -0.2) is 32.5 Å². The SMILES string of the molecule is C[C@H](Oc1cc(-n2nc3n(c2=O)CCCC3)c(F)cc1C(=O)Nc1c(F)cc(F)cc1F)C(F)(F)F. The molecule has 192 valence electrons. The molecule has 1 aromatic heterocycles. The number of rotatable bonds is 5. The number of hydrogen-bond donors (Lipinski definition) is 1. The van der Waals surface area contributed by atoms with Crippen LogP contribution < -0.4 is 15.7 Å². The molecule has 0 bridgehead atoms. The molecule has 0 fully saturated rings. The maximum absolute atomic E-state index is 15.1. The summed E-state index contributed by atoms with van der Waals surface area (Å²) < 4.78 is 103. The van der Waals surface area contributed by atoms with E-state index in [1.54, 1.807) is 5.32 Å². The molecule has 0 aliphatic carbocycles. The van der Waals surface area contributed by atoms with Gasteiger partial charge in [0.25, 0.3) is 5.91 Å². The van der Waals surface area contributed by atoms with Gasteiger partial charge in [-0.05, 0) is 25.8 Å². The minimum atomic E-state index is -4.90. The molecule has 36 heavy (non-hydrogen) atoms. The standard InChI is InChI=1S/C22H17F7N4O3/c1-10(22(27,28)29)36-17-9-16(33-21(35)32-5-3-2-4-18(32)31-33)13(24)8-12(17)20(34)30-19-14(25)6-11(23)7-15(19)26/h6-10H,2-5H2,1H3,(H,30,34)/t10-/m0/s1. The summed E-state index contributed by atoms with van der Waals surface area (Å²) in [5.74, 6) is -7.50. The smallest absolute Gasteiger partial charge is 0.425 e. The topological polar surface area (TPSA) is 78.2 Å². The van der Waals surface area contributed by atoms with Gasteiger partial charge in [0, 0.05) is 31.2 Å². The van der Waals surface area contributed by atoms with Crippen LogP contribution >= 0.6 is 0 Å². The van der Waals surface area contributed by atoms with Crippen molar-refractivity contribution in [2.75, 3.05) is 5.32 Å². The van der Waals surface area contributed by atoms with E-state index in [2.05, 4.69) is 5.10 Å². The van der Waals surface area contributed by atoms with E-state index in [-0.39, 0.29) is 12.1 Å². The molecular weight excluding hydrogens is 501 g/mol. The zero-order valence-corrected chi connectivity index (χ0v) is 18.4. The Labute approximate surface area is 198 Å². The van der Waals surface area contributed by atoms with Gasteiger partial charge in [0.2, 0.25) is 0 Å². The Morgan fingerprint density at radius 3 is 2.33 bits per heavy atom. The first-order chi connectivity index (χ1) is 16.9. The number of nitrogens with zero attached hydrogens (tertiary/aromatic N) is 3. The molecule has 3 aromatic rings. The number of amides is 1. The molecule has 1 atom stereocenters. The monoisotopic (exact) mass is 518 g/mol. The maximum Gasteiger partial charge on any atom is 0.425 e. The Morgan fingerprint density at radius 1 is 1.06 bits per heavy atom. The van der Waals surface area contributed by atoms with Gasteiger partial charge in [0.05, 0.1) is 5.56 Å². The van der Waals surface area contributed by atoms with Crippen LogP contribution in [0.4, 0.5) is 36.4 Å². The summed E-state index contributed by atoms with van der Waals surface area (Å²) in [6.45, 7) is 0.936. The highest BCUT2D eigenvalue weighted by molar-refractivity contribution is 6.06. The van der Waals surface area contributed by atoms with E-state index >= 15 is 4.39 Å². The number of aryl methyl sites for hydroxylation is 1. The van der Waals surface area contributed by atoms with Crippen molar-refractivity contribution in [2.45, 2.75) is 45.0 Å². The third-order valence-electron chi connectivity index (χ3n) is 5.50. The normalized spacial score (nSPS) is 14.3. The maximum atomic E-state index is 15.1. The Hall–Kier alpha value is -3.84. The third-order valence-corrected chi connectivity index (χ3v) is 5.50. The van der Waals surface area contributed by atoms with Gasteiger partial charge < -0.3 is 10.1 Å². The summed E-state index contributed by atoms with van der Waals surface area (Å²) in [6, 6.07) is 1.65. The van der Waals surface area contributed by atoms with Crippen LogP contribution in [0.5, 0.6) is 5.75 Å². The number of carbonyl (C=O) groups excluding carboxylic acids is 1. The Balaban J connectivity index is 1.80. The molecule has 0 unspecified atom stereocenters. The summed E-state index contributed by atoms with van der Waals surface area (Å²) >= 11 is 0. The van der Waals surface area contributed by atoms with E-state index in [0.717, 1.165) is 6.42 Å². The van der Waals surface area contributed by atoms with E-state index < -0.39 is 69.8 Å². The minimum Gasteiger partial charge on any atom is -0.480 e. The summed E-state index contributed by atoms with van der Waals surface area (Å²) in [7, 11) is 0. The van der Waals surface area contributed by atoms with E-state index in [9.17, 15) is 35.9 Å². The Bertz CT molecular complexity index is 1370. The van der Waals surface area contributed by atoms with Crippen molar-refractivity contribution in [3.8, 4) is 11.4 Å². The van der Waals surface area contributed by atoms with Crippen LogP contribution in [0.15, 0.2) is 29.1 Å². The highest BCUT2D eigenvalue weighted by atomic mass is 19.4. The second-order valence-corrected chi connectivity index (χ2v) is 8.02. The zero-order chi connectivity index (χ0) is 26.4. The van der Waals surface area contributed by atoms with E-state index in [0.29, 0.717) is 48.9 Å². The minimum absolute atomic E-state index is 0.262. The number of fused-ring (bicyclic) bond motifs is 1. The number of halogens is 7. The van der Waals surface area contributed by atoms with Crippen LogP contribution in [0.1, 0.15) is 35.9 Å². The Morgan fingerprint density at radius 2 is 1.72 bits per heavy atom. The lowest BCUT2D eigenvalue weighted by molar-refractivity contribution is -0.189. The summed E-state index contributed by atoms with van der Waals surface area (Å²) in [5.41, 5.74) is -3.32. The summed E-state index contributed by atoms with van der Waals surface area (Å²) in [4.78, 5) is 25.4.